The molecule has 0 amide bonds. The third kappa shape index (κ3) is 4.42. The summed E-state index contributed by atoms with van der Waals surface area (Å²) < 4.78 is 9.57. The Bertz CT molecular complexity index is 3480. The van der Waals surface area contributed by atoms with Crippen LogP contribution in [0.3, 0.4) is 0 Å². The molecule has 262 valence electrons. The molecule has 0 atom stereocenters. The van der Waals surface area contributed by atoms with Crippen molar-refractivity contribution in [1.29, 1.82) is 0 Å². The van der Waals surface area contributed by atoms with E-state index in [1.54, 1.807) is 0 Å². The van der Waals surface area contributed by atoms with Gasteiger partial charge in [0.25, 0.3) is 0 Å². The highest BCUT2D eigenvalue weighted by Gasteiger charge is 2.24. The van der Waals surface area contributed by atoms with E-state index in [0.29, 0.717) is 0 Å². The maximum Gasteiger partial charge on any atom is 0.121 e. The number of hydrogen-bond donors (Lipinski definition) is 0. The predicted octanol–water partition coefficient (Wildman–Crippen LogP) is 13.2. The quantitative estimate of drug-likeness (QED) is 0.177. The van der Waals surface area contributed by atoms with Gasteiger partial charge in [-0.1, -0.05) is 145 Å². The molecule has 0 aliphatic heterocycles. The molecule has 0 aliphatic rings. The van der Waals surface area contributed by atoms with Crippen molar-refractivity contribution in [3.05, 3.63) is 188 Å². The summed E-state index contributed by atoms with van der Waals surface area (Å²) in [5, 5.41) is 17.2. The van der Waals surface area contributed by atoms with Gasteiger partial charge >= 0.3 is 0 Å². The van der Waals surface area contributed by atoms with E-state index in [4.69, 9.17) is 10.3 Å². The molecule has 4 aromatic heterocycles. The van der Waals surface area contributed by atoms with E-state index in [2.05, 4.69) is 185 Å². The van der Waals surface area contributed by atoms with Crippen LogP contribution in [0.15, 0.2) is 188 Å². The molecule has 5 nitrogen and oxygen atoms in total. The fourth-order valence-electron chi connectivity index (χ4n) is 8.87. The first kappa shape index (κ1) is 31.1. The number of thiophene rings is 1. The van der Waals surface area contributed by atoms with Crippen LogP contribution < -0.4 is 0 Å². The van der Waals surface area contributed by atoms with E-state index in [0.717, 1.165) is 61.4 Å². The fourth-order valence-corrected chi connectivity index (χ4v) is 10.1. The summed E-state index contributed by atoms with van der Waals surface area (Å²) >= 11 is 1.89. The normalized spacial score (nSPS) is 11.9. The van der Waals surface area contributed by atoms with Crippen molar-refractivity contribution in [2.75, 3.05) is 0 Å². The van der Waals surface area contributed by atoms with E-state index in [1.165, 1.54) is 42.0 Å². The summed E-state index contributed by atoms with van der Waals surface area (Å²) in [4.78, 5) is 0. The first-order chi connectivity index (χ1) is 27.8. The largest absolute Gasteiger partial charge is 0.307 e. The predicted molar refractivity (Wildman–Crippen MR) is 234 cm³/mol. The number of fused-ring (bicyclic) bond motifs is 10. The topological polar surface area (TPSA) is 40.6 Å². The highest BCUT2D eigenvalue weighted by Crippen LogP contribution is 2.45. The Balaban J connectivity index is 1.15. The Morgan fingerprint density at radius 1 is 0.375 bits per heavy atom. The van der Waals surface area contributed by atoms with E-state index in [9.17, 15) is 0 Å². The summed E-state index contributed by atoms with van der Waals surface area (Å²) in [6, 6.07) is 67.2. The minimum absolute atomic E-state index is 0.849. The van der Waals surface area contributed by atoms with Gasteiger partial charge in [0.05, 0.1) is 39.1 Å². The first-order valence-electron chi connectivity index (χ1n) is 18.9. The van der Waals surface area contributed by atoms with E-state index < -0.39 is 0 Å². The molecule has 0 saturated heterocycles. The zero-order chi connectivity index (χ0) is 36.7. The van der Waals surface area contributed by atoms with Gasteiger partial charge in [-0.25, -0.2) is 4.68 Å². The van der Waals surface area contributed by atoms with Gasteiger partial charge in [-0.3, -0.25) is 0 Å². The highest BCUT2D eigenvalue weighted by atomic mass is 32.1. The van der Waals surface area contributed by atoms with Gasteiger partial charge in [0.1, 0.15) is 11.4 Å². The molecule has 56 heavy (non-hydrogen) atoms. The monoisotopic (exact) mass is 733 g/mol. The van der Waals surface area contributed by atoms with Crippen molar-refractivity contribution in [2.45, 2.75) is 0 Å². The summed E-state index contributed by atoms with van der Waals surface area (Å²) in [6.07, 6.45) is 0. The lowest BCUT2D eigenvalue weighted by molar-refractivity contribution is 0.813. The van der Waals surface area contributed by atoms with Gasteiger partial charge in [-0.15, -0.1) is 16.4 Å². The van der Waals surface area contributed by atoms with Gasteiger partial charge in [0, 0.05) is 52.8 Å². The number of hydrogen-bond acceptors (Lipinski definition) is 3. The molecule has 12 rings (SSSR count). The number of para-hydroxylation sites is 4. The van der Waals surface area contributed by atoms with Crippen LogP contribution in [0.2, 0.25) is 0 Å². The number of benzene rings is 8. The van der Waals surface area contributed by atoms with Crippen LogP contribution in [0.5, 0.6) is 0 Å². The second-order valence-corrected chi connectivity index (χ2v) is 15.3. The van der Waals surface area contributed by atoms with Gasteiger partial charge < -0.3 is 9.13 Å². The van der Waals surface area contributed by atoms with Gasteiger partial charge in [0.15, 0.2) is 0 Å². The van der Waals surface area contributed by atoms with Crippen LogP contribution in [0, 0.1) is 0 Å². The average molecular weight is 734 g/mol. The standard InChI is InChI=1S/C50H31N5S/c1-3-16-32(17-4-1)48-49(33-18-5-2-6-19-33)55(52-51-48)44-28-15-27-42-46(44)36-21-7-10-23-38(36)53(42)40-25-12-13-26-41(40)54-39-24-11-8-22-37(39)47-43(54)31-30-35-34-20-9-14-29-45(34)56-50(35)47/h1-31H. The maximum atomic E-state index is 4.90. The first-order valence-corrected chi connectivity index (χ1v) is 19.7. The van der Waals surface area contributed by atoms with Crippen LogP contribution in [-0.4, -0.2) is 24.1 Å². The zero-order valence-corrected chi connectivity index (χ0v) is 30.9. The molecule has 0 unspecified atom stereocenters. The SMILES string of the molecule is c1ccc(-c2nnn(-c3cccc4c3c3ccccc3n4-c3ccccc3-n3c4ccccc4c4c5sc6ccccc6c5ccc43)c2-c2ccccc2)cc1. The summed E-state index contributed by atoms with van der Waals surface area (Å²) in [7, 11) is 0. The molecule has 0 aliphatic carbocycles. The molecule has 6 heteroatoms. The van der Waals surface area contributed by atoms with Crippen LogP contribution in [0.1, 0.15) is 0 Å². The van der Waals surface area contributed by atoms with Crippen molar-refractivity contribution in [3.63, 3.8) is 0 Å². The summed E-state index contributed by atoms with van der Waals surface area (Å²) in [5.74, 6) is 0. The average Bonchev–Trinajstić information content (AvgIpc) is 4.04. The lowest BCUT2D eigenvalue weighted by Gasteiger charge is -2.17. The number of rotatable bonds is 5. The molecule has 0 fully saturated rings. The molecule has 4 heterocycles. The van der Waals surface area contributed by atoms with Crippen molar-refractivity contribution >= 4 is 75.1 Å². The Morgan fingerprint density at radius 2 is 0.911 bits per heavy atom. The van der Waals surface area contributed by atoms with Crippen LogP contribution in [-0.2, 0) is 0 Å². The van der Waals surface area contributed by atoms with Gasteiger partial charge in [0.2, 0.25) is 0 Å². The fraction of sp³-hybridized carbons (Fsp3) is 0. The van der Waals surface area contributed by atoms with Crippen molar-refractivity contribution < 1.29 is 0 Å². The van der Waals surface area contributed by atoms with Crippen molar-refractivity contribution in [2.24, 2.45) is 0 Å². The van der Waals surface area contributed by atoms with Gasteiger partial charge in [-0.2, -0.15) is 0 Å². The second-order valence-electron chi connectivity index (χ2n) is 14.2. The lowest BCUT2D eigenvalue weighted by Crippen LogP contribution is -2.04. The minimum Gasteiger partial charge on any atom is -0.307 e. The smallest absolute Gasteiger partial charge is 0.121 e. The third-order valence-corrected chi connectivity index (χ3v) is 12.4. The van der Waals surface area contributed by atoms with Crippen LogP contribution in [0.4, 0.5) is 0 Å². The molecular formula is C50H31N5S. The molecule has 8 aromatic carbocycles. The Morgan fingerprint density at radius 3 is 1.62 bits per heavy atom. The van der Waals surface area contributed by atoms with E-state index >= 15 is 0 Å². The molecule has 0 spiro atoms. The molecular weight excluding hydrogens is 703 g/mol. The molecule has 0 N–H and O–H groups in total. The van der Waals surface area contributed by atoms with Gasteiger partial charge in [-0.05, 0) is 48.5 Å². The van der Waals surface area contributed by atoms with Crippen molar-refractivity contribution in [3.8, 4) is 39.6 Å². The number of nitrogens with zero attached hydrogens (tertiary/aromatic N) is 5. The highest BCUT2D eigenvalue weighted by molar-refractivity contribution is 7.26. The molecule has 0 bridgehead atoms. The van der Waals surface area contributed by atoms with Crippen LogP contribution in [0.25, 0.3) is 103 Å². The lowest BCUT2D eigenvalue weighted by atomic mass is 10.0. The zero-order valence-electron chi connectivity index (χ0n) is 30.0. The van der Waals surface area contributed by atoms with E-state index in [1.807, 2.05) is 28.2 Å². The summed E-state index contributed by atoms with van der Waals surface area (Å²) in [5.41, 5.74) is 11.7. The Labute approximate surface area is 325 Å². The summed E-state index contributed by atoms with van der Waals surface area (Å²) in [6.45, 7) is 0. The minimum atomic E-state index is 0.849. The third-order valence-electron chi connectivity index (χ3n) is 11.2. The second kappa shape index (κ2) is 12.1. The molecule has 0 radical (unpaired) electrons. The Hall–Kier alpha value is -7.28. The number of aromatic nitrogens is 5. The maximum absolute atomic E-state index is 4.90. The Kier molecular flexibility index (Phi) is 6.73. The van der Waals surface area contributed by atoms with Crippen molar-refractivity contribution in [1.82, 2.24) is 24.1 Å². The van der Waals surface area contributed by atoms with E-state index in [-0.39, 0.29) is 0 Å². The molecule has 12 aromatic rings. The van der Waals surface area contributed by atoms with Crippen LogP contribution >= 0.6 is 11.3 Å². The molecule has 0 saturated carbocycles.